The third-order valence-corrected chi connectivity index (χ3v) is 3.69. The Morgan fingerprint density at radius 2 is 2.10 bits per heavy atom. The van der Waals surface area contributed by atoms with Crippen LogP contribution >= 0.6 is 0 Å². The SMILES string of the molecule is Cc1c(CCC(=O)O)ccc2c1nnn2CCCCCO. The average Bonchev–Trinajstić information content (AvgIpc) is 2.87. The van der Waals surface area contributed by atoms with E-state index >= 15 is 0 Å². The molecular weight excluding hydrogens is 270 g/mol. The summed E-state index contributed by atoms with van der Waals surface area (Å²) in [7, 11) is 0. The average molecular weight is 291 g/mol. The van der Waals surface area contributed by atoms with Crippen molar-refractivity contribution in [3.8, 4) is 0 Å². The van der Waals surface area contributed by atoms with Gasteiger partial charge in [0, 0.05) is 19.6 Å². The topological polar surface area (TPSA) is 88.2 Å². The molecule has 0 unspecified atom stereocenters. The largest absolute Gasteiger partial charge is 0.481 e. The van der Waals surface area contributed by atoms with Gasteiger partial charge in [0.25, 0.3) is 0 Å². The van der Waals surface area contributed by atoms with Gasteiger partial charge in [0.15, 0.2) is 0 Å². The summed E-state index contributed by atoms with van der Waals surface area (Å²) in [6, 6.07) is 3.93. The molecule has 0 aliphatic rings. The monoisotopic (exact) mass is 291 g/mol. The Morgan fingerprint density at radius 1 is 1.29 bits per heavy atom. The van der Waals surface area contributed by atoms with Crippen molar-refractivity contribution in [3.05, 3.63) is 23.3 Å². The second kappa shape index (κ2) is 7.17. The van der Waals surface area contributed by atoms with Gasteiger partial charge in [0.2, 0.25) is 0 Å². The number of aliphatic hydroxyl groups is 1. The highest BCUT2D eigenvalue weighted by molar-refractivity contribution is 5.79. The molecule has 6 heteroatoms. The Hall–Kier alpha value is -1.95. The van der Waals surface area contributed by atoms with Crippen molar-refractivity contribution >= 4 is 17.0 Å². The van der Waals surface area contributed by atoms with Crippen LogP contribution in [0.1, 0.15) is 36.8 Å². The van der Waals surface area contributed by atoms with Crippen LogP contribution in [0.4, 0.5) is 0 Å². The molecule has 0 saturated heterocycles. The molecular formula is C15H21N3O3. The van der Waals surface area contributed by atoms with Crippen molar-refractivity contribution in [1.82, 2.24) is 15.0 Å². The number of fused-ring (bicyclic) bond motifs is 1. The third kappa shape index (κ3) is 3.78. The summed E-state index contributed by atoms with van der Waals surface area (Å²) in [6.07, 6.45) is 3.37. The smallest absolute Gasteiger partial charge is 0.303 e. The van der Waals surface area contributed by atoms with E-state index in [1.807, 2.05) is 23.7 Å². The maximum absolute atomic E-state index is 10.7. The van der Waals surface area contributed by atoms with Gasteiger partial charge in [-0.05, 0) is 49.8 Å². The van der Waals surface area contributed by atoms with Gasteiger partial charge in [-0.1, -0.05) is 11.3 Å². The van der Waals surface area contributed by atoms with Crippen LogP contribution in [0.5, 0.6) is 0 Å². The summed E-state index contributed by atoms with van der Waals surface area (Å²) in [5, 5.41) is 25.9. The number of hydrogen-bond acceptors (Lipinski definition) is 4. The third-order valence-electron chi connectivity index (χ3n) is 3.69. The number of aliphatic carboxylic acids is 1. The van der Waals surface area contributed by atoms with Gasteiger partial charge >= 0.3 is 5.97 Å². The van der Waals surface area contributed by atoms with E-state index < -0.39 is 5.97 Å². The molecule has 0 radical (unpaired) electrons. The number of rotatable bonds is 8. The van der Waals surface area contributed by atoms with Crippen LogP contribution in [-0.2, 0) is 17.8 Å². The molecule has 0 bridgehead atoms. The highest BCUT2D eigenvalue weighted by atomic mass is 16.4. The lowest BCUT2D eigenvalue weighted by molar-refractivity contribution is -0.136. The highest BCUT2D eigenvalue weighted by Gasteiger charge is 2.11. The minimum absolute atomic E-state index is 0.127. The van der Waals surface area contributed by atoms with Crippen molar-refractivity contribution in [1.29, 1.82) is 0 Å². The molecule has 114 valence electrons. The Kier molecular flexibility index (Phi) is 5.27. The summed E-state index contributed by atoms with van der Waals surface area (Å²) in [4.78, 5) is 10.7. The van der Waals surface area contributed by atoms with Crippen LogP contribution in [0.2, 0.25) is 0 Å². The van der Waals surface area contributed by atoms with Gasteiger partial charge in [0.05, 0.1) is 5.52 Å². The van der Waals surface area contributed by atoms with E-state index in [1.165, 1.54) is 0 Å². The Bertz CT molecular complexity index is 622. The minimum Gasteiger partial charge on any atom is -0.481 e. The fourth-order valence-corrected chi connectivity index (χ4v) is 2.44. The number of carboxylic acid groups (broad SMARTS) is 1. The molecule has 0 atom stereocenters. The van der Waals surface area contributed by atoms with Crippen molar-refractivity contribution < 1.29 is 15.0 Å². The maximum atomic E-state index is 10.7. The molecule has 1 aromatic heterocycles. The van der Waals surface area contributed by atoms with Crippen molar-refractivity contribution in [3.63, 3.8) is 0 Å². The number of carboxylic acids is 1. The quantitative estimate of drug-likeness (QED) is 0.725. The summed E-state index contributed by atoms with van der Waals surface area (Å²) in [5.74, 6) is -0.790. The van der Waals surface area contributed by atoms with Crippen molar-refractivity contribution in [2.45, 2.75) is 45.6 Å². The van der Waals surface area contributed by atoms with E-state index in [-0.39, 0.29) is 13.0 Å². The Balaban J connectivity index is 2.13. The zero-order valence-electron chi connectivity index (χ0n) is 12.2. The van der Waals surface area contributed by atoms with Crippen LogP contribution < -0.4 is 0 Å². The molecule has 0 aliphatic heterocycles. The predicted molar refractivity (Wildman–Crippen MR) is 79.2 cm³/mol. The number of aliphatic hydroxyl groups excluding tert-OH is 1. The maximum Gasteiger partial charge on any atom is 0.303 e. The van der Waals surface area contributed by atoms with E-state index in [0.29, 0.717) is 6.42 Å². The molecule has 6 nitrogen and oxygen atoms in total. The lowest BCUT2D eigenvalue weighted by atomic mass is 10.0. The molecule has 1 heterocycles. The summed E-state index contributed by atoms with van der Waals surface area (Å²) >= 11 is 0. The normalized spacial score (nSPS) is 11.1. The summed E-state index contributed by atoms with van der Waals surface area (Å²) < 4.78 is 1.88. The zero-order chi connectivity index (χ0) is 15.2. The first kappa shape index (κ1) is 15.4. The van der Waals surface area contributed by atoms with Gasteiger partial charge in [-0.3, -0.25) is 4.79 Å². The molecule has 2 rings (SSSR count). The minimum atomic E-state index is -0.790. The van der Waals surface area contributed by atoms with E-state index in [0.717, 1.165) is 48.0 Å². The summed E-state index contributed by atoms with van der Waals surface area (Å²) in [6.45, 7) is 2.97. The second-order valence-electron chi connectivity index (χ2n) is 5.21. The zero-order valence-corrected chi connectivity index (χ0v) is 12.2. The molecule has 0 amide bonds. The van der Waals surface area contributed by atoms with Crippen LogP contribution in [0, 0.1) is 6.92 Å². The first-order valence-corrected chi connectivity index (χ1v) is 7.28. The molecule has 0 saturated carbocycles. The lowest BCUT2D eigenvalue weighted by Crippen LogP contribution is -2.02. The molecule has 21 heavy (non-hydrogen) atoms. The first-order chi connectivity index (χ1) is 10.1. The fourth-order valence-electron chi connectivity index (χ4n) is 2.44. The Morgan fingerprint density at radius 3 is 2.81 bits per heavy atom. The molecule has 1 aromatic carbocycles. The second-order valence-corrected chi connectivity index (χ2v) is 5.21. The van der Waals surface area contributed by atoms with Gasteiger partial charge in [-0.25, -0.2) is 4.68 Å². The number of carbonyl (C=O) groups is 1. The van der Waals surface area contributed by atoms with Crippen LogP contribution in [0.15, 0.2) is 12.1 Å². The van der Waals surface area contributed by atoms with Crippen LogP contribution in [-0.4, -0.2) is 37.8 Å². The standard InChI is InChI=1S/C15H21N3O3/c1-11-12(6-8-14(20)21)5-7-13-15(11)16-17-18(13)9-3-2-4-10-19/h5,7,19H,2-4,6,8-10H2,1H3,(H,20,21). The molecule has 0 aliphatic carbocycles. The molecule has 2 aromatic rings. The molecule has 2 N–H and O–H groups in total. The van der Waals surface area contributed by atoms with Crippen molar-refractivity contribution in [2.75, 3.05) is 6.61 Å². The number of unbranched alkanes of at least 4 members (excludes halogenated alkanes) is 2. The lowest BCUT2D eigenvalue weighted by Gasteiger charge is -2.06. The van der Waals surface area contributed by atoms with Gasteiger partial charge in [-0.2, -0.15) is 0 Å². The fraction of sp³-hybridized carbons (Fsp3) is 0.533. The van der Waals surface area contributed by atoms with E-state index in [1.54, 1.807) is 0 Å². The van der Waals surface area contributed by atoms with Gasteiger partial charge < -0.3 is 10.2 Å². The van der Waals surface area contributed by atoms with Gasteiger partial charge in [0.1, 0.15) is 5.52 Å². The van der Waals surface area contributed by atoms with E-state index in [2.05, 4.69) is 10.3 Å². The van der Waals surface area contributed by atoms with Crippen molar-refractivity contribution in [2.24, 2.45) is 0 Å². The number of nitrogens with zero attached hydrogens (tertiary/aromatic N) is 3. The van der Waals surface area contributed by atoms with Gasteiger partial charge in [-0.15, -0.1) is 5.10 Å². The summed E-state index contributed by atoms with van der Waals surface area (Å²) in [5.41, 5.74) is 3.85. The van der Waals surface area contributed by atoms with Crippen LogP contribution in [0.25, 0.3) is 11.0 Å². The van der Waals surface area contributed by atoms with E-state index in [4.69, 9.17) is 10.2 Å². The first-order valence-electron chi connectivity index (χ1n) is 7.28. The highest BCUT2D eigenvalue weighted by Crippen LogP contribution is 2.21. The van der Waals surface area contributed by atoms with E-state index in [9.17, 15) is 4.79 Å². The van der Waals surface area contributed by atoms with Crippen LogP contribution in [0.3, 0.4) is 0 Å². The Labute approximate surface area is 123 Å². The predicted octanol–water partition coefficient (Wildman–Crippen LogP) is 1.92. The number of benzene rings is 1. The number of aryl methyl sites for hydroxylation is 3. The number of aromatic nitrogens is 3. The molecule has 0 fully saturated rings. The molecule has 0 spiro atoms. The number of hydrogen-bond donors (Lipinski definition) is 2.